The number of aliphatic hydroxyl groups excluding tert-OH is 4. The number of aryl methyl sites for hydroxylation is 3. The fourth-order valence-electron chi connectivity index (χ4n) is 13.1. The number of hydrogen-bond donors (Lipinski definition) is 8. The summed E-state index contributed by atoms with van der Waals surface area (Å²) in [6.07, 6.45) is -0.459. The molecule has 0 saturated carbocycles. The van der Waals surface area contributed by atoms with Crippen molar-refractivity contribution in [2.45, 2.75) is 120 Å². The summed E-state index contributed by atoms with van der Waals surface area (Å²) < 4.78 is 214. The highest BCUT2D eigenvalue weighted by Gasteiger charge is 2.49. The van der Waals surface area contributed by atoms with Crippen molar-refractivity contribution in [1.29, 1.82) is 0 Å². The van der Waals surface area contributed by atoms with Crippen LogP contribution < -0.4 is 21.3 Å². The van der Waals surface area contributed by atoms with E-state index in [-0.39, 0.29) is 152 Å². The van der Waals surface area contributed by atoms with Crippen molar-refractivity contribution < 1.29 is 120 Å². The largest absolute Gasteiger partial charge is 0.393 e. The van der Waals surface area contributed by atoms with Crippen LogP contribution in [0.3, 0.4) is 0 Å². The van der Waals surface area contributed by atoms with Crippen LogP contribution >= 0.6 is 11.6 Å². The number of carbonyl (C=O) groups is 7. The normalized spacial score (nSPS) is 15.1. The number of nitrogens with one attached hydrogen (secondary N) is 4. The molecule has 0 aromatic heterocycles. The second-order valence-electron chi connectivity index (χ2n) is 28.8. The van der Waals surface area contributed by atoms with Crippen molar-refractivity contribution in [2.75, 3.05) is 73.6 Å². The van der Waals surface area contributed by atoms with E-state index in [2.05, 4.69) is 32.7 Å². The van der Waals surface area contributed by atoms with Gasteiger partial charge in [-0.05, 0) is 204 Å². The van der Waals surface area contributed by atoms with Gasteiger partial charge >= 0.3 is 23.7 Å². The third kappa shape index (κ3) is 23.0. The van der Waals surface area contributed by atoms with E-state index in [4.69, 9.17) is 18.2 Å². The number of anilines is 4. The molecule has 8 aromatic carbocycles. The van der Waals surface area contributed by atoms with Crippen molar-refractivity contribution in [3.63, 3.8) is 0 Å². The summed E-state index contributed by atoms with van der Waals surface area (Å²) >= 11 is 5.68. The van der Waals surface area contributed by atoms with Crippen LogP contribution in [0.1, 0.15) is 132 Å². The van der Waals surface area contributed by atoms with Gasteiger partial charge in [-0.3, -0.25) is 33.6 Å². The molecule has 0 spiro atoms. The number of rotatable bonds is 17. The lowest BCUT2D eigenvalue weighted by Crippen LogP contribution is -2.47. The van der Waals surface area contributed by atoms with Gasteiger partial charge in [0.15, 0.2) is 17.5 Å². The van der Waals surface area contributed by atoms with Gasteiger partial charge in [0.25, 0.3) is 41.4 Å². The standard InChI is InChI=1S/C22H19F4N3O2.C21H20ClF3N2O3.C21H19F5N2O3.C21H21F3N2O3/c1-13(29-9-7-16(30)8-10-29)22(25,26)17-11-14(3-5-18(17)23)21(31)28-15-4-6-19(24)20(12-15)27-2;1-12-2-3-13(19(29)26-14-4-5-18(23)17(22)11-14)10-16(12)21(24,25)20(30)27-8-6-15(28)7-9-27;1-11-2-3-12(19(30)27-13-9-16(22)18(24)17(23)10-13)8-15(11)21(25,26)20(31)28-6-4-14(29)5-7-28;1-13-2-3-14(19(28)25-16-6-4-15(22)5-7-16)12-18(13)21(23,24)20(29)26-10-8-17(27)9-11-26/h3-6,11-12,16,30H,1,7-10H2,(H,28,31);2-5,10-11,15,28H,6-9H2,1H3,(H,26,29);2-3,8-10,14,29H,4-7H2,1H3,(H,27,30);2-7,12,17,27H,8-11H2,1H3,(H,25,28). The highest BCUT2D eigenvalue weighted by molar-refractivity contribution is 6.31. The van der Waals surface area contributed by atoms with Crippen LogP contribution in [-0.4, -0.2) is 158 Å². The average molecular weight is 1720 g/mol. The maximum atomic E-state index is 15.1. The van der Waals surface area contributed by atoms with E-state index in [9.17, 15) is 102 Å². The van der Waals surface area contributed by atoms with Crippen molar-refractivity contribution in [3.05, 3.63) is 276 Å². The maximum absolute atomic E-state index is 15.1. The summed E-state index contributed by atoms with van der Waals surface area (Å²) in [6.45, 7) is 15.0. The molecule has 0 atom stereocenters. The molecule has 8 aromatic rings. The van der Waals surface area contributed by atoms with Crippen LogP contribution in [0, 0.1) is 68.1 Å². The van der Waals surface area contributed by atoms with Crippen LogP contribution in [-0.2, 0) is 38.1 Å². The molecule has 0 aliphatic carbocycles. The molecule has 121 heavy (non-hydrogen) atoms. The van der Waals surface area contributed by atoms with Crippen LogP contribution in [0.4, 0.5) is 94.3 Å². The lowest BCUT2D eigenvalue weighted by molar-refractivity contribution is -0.161. The number of halogens is 16. The Balaban J connectivity index is 0.000000183. The molecule has 7 amide bonds. The second-order valence-corrected chi connectivity index (χ2v) is 29.2. The number of allylic oxidation sites excluding steroid dienone is 1. The third-order valence-corrected chi connectivity index (χ3v) is 20.5. The Morgan fingerprint density at radius 2 is 0.669 bits per heavy atom. The Kier molecular flexibility index (Phi) is 30.4. The number of amides is 7. The van der Waals surface area contributed by atoms with E-state index in [0.29, 0.717) is 30.7 Å². The Labute approximate surface area is 688 Å². The first-order chi connectivity index (χ1) is 56.9. The van der Waals surface area contributed by atoms with Crippen LogP contribution in [0.25, 0.3) is 4.85 Å². The van der Waals surface area contributed by atoms with E-state index >= 15 is 17.6 Å². The summed E-state index contributed by atoms with van der Waals surface area (Å²) in [7, 11) is 0. The molecule has 20 nitrogen and oxygen atoms in total. The van der Waals surface area contributed by atoms with Crippen LogP contribution in [0.15, 0.2) is 158 Å². The Morgan fingerprint density at radius 1 is 0.372 bits per heavy atom. The quantitative estimate of drug-likeness (QED) is 0.0240. The Hall–Kier alpha value is -11.8. The van der Waals surface area contributed by atoms with E-state index in [1.165, 1.54) is 105 Å². The molecule has 0 bridgehead atoms. The first-order valence-electron chi connectivity index (χ1n) is 37.4. The Morgan fingerprint density at radius 3 is 1.02 bits per heavy atom. The highest BCUT2D eigenvalue weighted by atomic mass is 35.5. The van der Waals surface area contributed by atoms with E-state index < -0.39 is 164 Å². The minimum absolute atomic E-state index is 0.0174. The number of alkyl halides is 8. The van der Waals surface area contributed by atoms with Crippen molar-refractivity contribution in [2.24, 2.45) is 0 Å². The van der Waals surface area contributed by atoms with Crippen molar-refractivity contribution >= 4 is 81.4 Å². The van der Waals surface area contributed by atoms with Gasteiger partial charge in [-0.2, -0.15) is 35.1 Å². The van der Waals surface area contributed by atoms with Gasteiger partial charge in [0.2, 0.25) is 5.69 Å². The average Bonchev–Trinajstić information content (AvgIpc) is 0.794. The predicted octanol–water partition coefficient (Wildman–Crippen LogP) is 16.1. The lowest BCUT2D eigenvalue weighted by Gasteiger charge is -2.36. The topological polar surface area (TPSA) is 266 Å². The van der Waals surface area contributed by atoms with E-state index in [1.54, 1.807) is 0 Å². The smallest absolute Gasteiger partial charge is 0.350 e. The molecule has 0 radical (unpaired) electrons. The molecule has 12 rings (SSSR count). The lowest BCUT2D eigenvalue weighted by atomic mass is 9.97. The molecule has 8 N–H and O–H groups in total. The fourth-order valence-corrected chi connectivity index (χ4v) is 13.3. The molecule has 0 unspecified atom stereocenters. The predicted molar refractivity (Wildman–Crippen MR) is 416 cm³/mol. The SMILES string of the molecule is Cc1ccc(C(=O)Nc2cc(F)c(F)c(F)c2)cc1C(F)(F)C(=O)N1CCC(O)CC1.Cc1ccc(C(=O)Nc2ccc(F)c(Cl)c2)cc1C(F)(F)C(=O)N1CCC(O)CC1.Cc1ccc(C(=O)Nc2ccc(F)cc2)cc1C(F)(F)C(=O)N1CCC(O)CC1.[C-]#[N+]c1cc(NC(=O)c2ccc(F)c(C(F)(F)C(=C)N3CCC(O)CC3)c2)ccc1F. The first kappa shape index (κ1) is 93.0. The number of nitrogens with zero attached hydrogens (tertiary/aromatic N) is 5. The molecule has 4 aliphatic heterocycles. The molecule has 4 aliphatic rings. The van der Waals surface area contributed by atoms with E-state index in [1.807, 2.05) is 0 Å². The number of hydrogen-bond acceptors (Lipinski definition) is 12. The van der Waals surface area contributed by atoms with Gasteiger partial charge in [0.05, 0.1) is 47.3 Å². The van der Waals surface area contributed by atoms with Gasteiger partial charge in [-0.1, -0.05) is 36.4 Å². The zero-order valence-corrected chi connectivity index (χ0v) is 65.4. The molecule has 4 fully saturated rings. The third-order valence-electron chi connectivity index (χ3n) is 20.2. The zero-order chi connectivity index (χ0) is 88.9. The minimum Gasteiger partial charge on any atom is -0.393 e. The molecule has 4 saturated heterocycles. The summed E-state index contributed by atoms with van der Waals surface area (Å²) in [5.41, 5.74) is -3.79. The summed E-state index contributed by atoms with van der Waals surface area (Å²) in [5.74, 6) is -30.5. The maximum Gasteiger partial charge on any atom is 0.350 e. The van der Waals surface area contributed by atoms with Crippen molar-refractivity contribution in [1.82, 2.24) is 19.6 Å². The minimum atomic E-state index is -3.93. The highest BCUT2D eigenvalue weighted by Crippen LogP contribution is 2.42. The first-order valence-corrected chi connectivity index (χ1v) is 37.8. The molecule has 4 heterocycles. The number of benzene rings is 8. The van der Waals surface area contributed by atoms with Gasteiger partial charge < -0.3 is 61.3 Å². The fraction of sp³-hybridized carbons (Fsp3) is 0.318. The number of likely N-dealkylation sites (tertiary alicyclic amines) is 4. The van der Waals surface area contributed by atoms with E-state index in [0.717, 1.165) is 69.3 Å². The Bertz CT molecular complexity index is 5220. The molecular formula is C85H79ClF15N9O11. The van der Waals surface area contributed by atoms with Crippen molar-refractivity contribution in [3.8, 4) is 0 Å². The zero-order valence-electron chi connectivity index (χ0n) is 64.6. The number of carbonyl (C=O) groups excluding carboxylic acids is 7. The molecule has 642 valence electrons. The summed E-state index contributed by atoms with van der Waals surface area (Å²) in [4.78, 5) is 94.4. The summed E-state index contributed by atoms with van der Waals surface area (Å²) in [6, 6.07) is 26.2. The molecular weight excluding hydrogens is 1640 g/mol. The van der Waals surface area contributed by atoms with Crippen LogP contribution in [0.2, 0.25) is 5.02 Å². The number of piperidine rings is 4. The molecule has 36 heteroatoms. The van der Waals surface area contributed by atoms with Gasteiger partial charge in [0, 0.05) is 126 Å². The number of aliphatic hydroxyl groups is 4. The van der Waals surface area contributed by atoms with Crippen LogP contribution in [0.5, 0.6) is 0 Å². The van der Waals surface area contributed by atoms with Gasteiger partial charge in [-0.25, -0.2) is 35.6 Å². The monoisotopic (exact) mass is 1720 g/mol. The van der Waals surface area contributed by atoms with Gasteiger partial charge in [0.1, 0.15) is 23.3 Å². The summed E-state index contributed by atoms with van der Waals surface area (Å²) in [5, 5.41) is 47.4. The van der Waals surface area contributed by atoms with Gasteiger partial charge in [-0.15, -0.1) is 0 Å². The second kappa shape index (κ2) is 39.6.